The van der Waals surface area contributed by atoms with Gasteiger partial charge >= 0.3 is 0 Å². The molecule has 0 saturated carbocycles. The van der Waals surface area contributed by atoms with E-state index in [9.17, 15) is 8.42 Å². The average Bonchev–Trinajstić information content (AvgIpc) is 2.64. The van der Waals surface area contributed by atoms with Crippen LogP contribution in [0.25, 0.3) is 0 Å². The van der Waals surface area contributed by atoms with Crippen LogP contribution in [0.1, 0.15) is 22.3 Å². The lowest BCUT2D eigenvalue weighted by molar-refractivity contribution is 0.590. The third-order valence-corrected chi connectivity index (χ3v) is 7.30. The van der Waals surface area contributed by atoms with E-state index in [1.54, 1.807) is 48.5 Å². The number of anilines is 1. The first-order chi connectivity index (χ1) is 13.2. The fourth-order valence-corrected chi connectivity index (χ4v) is 4.98. The Morgan fingerprint density at radius 1 is 0.821 bits per heavy atom. The molecule has 0 N–H and O–H groups in total. The van der Waals surface area contributed by atoms with Crippen molar-refractivity contribution in [3.63, 3.8) is 0 Å². The predicted molar refractivity (Wildman–Crippen MR) is 117 cm³/mol. The second kappa shape index (κ2) is 8.16. The van der Waals surface area contributed by atoms with Gasteiger partial charge in [-0.15, -0.1) is 0 Å². The summed E-state index contributed by atoms with van der Waals surface area (Å²) in [6.45, 7) is 5.83. The van der Waals surface area contributed by atoms with Gasteiger partial charge in [-0.05, 0) is 62.2 Å². The zero-order chi connectivity index (χ0) is 20.5. The normalized spacial score (nSPS) is 11.5. The molecule has 0 amide bonds. The molecule has 0 bridgehead atoms. The zero-order valence-corrected chi connectivity index (χ0v) is 18.2. The zero-order valence-electron chi connectivity index (χ0n) is 15.9. The smallest absolute Gasteiger partial charge is 0.262 e. The van der Waals surface area contributed by atoms with Gasteiger partial charge in [0, 0.05) is 15.6 Å². The van der Waals surface area contributed by atoms with Crippen molar-refractivity contribution in [3.05, 3.63) is 93.0 Å². The Labute approximate surface area is 176 Å². The molecule has 0 aliphatic heterocycles. The van der Waals surface area contributed by atoms with Crippen molar-refractivity contribution in [3.8, 4) is 0 Å². The van der Waals surface area contributed by atoms with E-state index in [0.717, 1.165) is 16.7 Å². The Morgan fingerprint density at radius 2 is 1.39 bits per heavy atom. The lowest BCUT2D eigenvalue weighted by Gasteiger charge is -2.27. The molecule has 6 heteroatoms. The highest BCUT2D eigenvalue weighted by molar-refractivity contribution is 7.92. The van der Waals surface area contributed by atoms with Crippen LogP contribution in [0.2, 0.25) is 10.0 Å². The van der Waals surface area contributed by atoms with Gasteiger partial charge in [-0.2, -0.15) is 0 Å². The van der Waals surface area contributed by atoms with Gasteiger partial charge in [0.1, 0.15) is 0 Å². The molecule has 0 aliphatic carbocycles. The van der Waals surface area contributed by atoms with Gasteiger partial charge in [0.05, 0.1) is 17.1 Å². The Kier molecular flexibility index (Phi) is 6.04. The van der Waals surface area contributed by atoms with Crippen molar-refractivity contribution in [2.45, 2.75) is 32.2 Å². The van der Waals surface area contributed by atoms with E-state index in [1.165, 1.54) is 4.31 Å². The number of nitrogens with zero attached hydrogens (tertiary/aromatic N) is 1. The minimum atomic E-state index is -3.83. The van der Waals surface area contributed by atoms with Crippen molar-refractivity contribution >= 4 is 38.9 Å². The maximum absolute atomic E-state index is 13.6. The van der Waals surface area contributed by atoms with Crippen molar-refractivity contribution < 1.29 is 8.42 Å². The van der Waals surface area contributed by atoms with Crippen LogP contribution in [-0.2, 0) is 16.6 Å². The largest absolute Gasteiger partial charge is 0.264 e. The lowest BCUT2D eigenvalue weighted by Crippen LogP contribution is -2.31. The standard InChI is InChI=1S/C22H21Cl2NO2S/c1-15-10-12-18(13-11-15)28(26,27)25(22-9-4-6-16(2)17(22)3)14-19-20(23)7-5-8-21(19)24/h4-13H,14H2,1-3H3. The highest BCUT2D eigenvalue weighted by atomic mass is 35.5. The third kappa shape index (κ3) is 4.04. The molecule has 0 spiro atoms. The summed E-state index contributed by atoms with van der Waals surface area (Å²) in [5, 5.41) is 0.865. The van der Waals surface area contributed by atoms with Crippen LogP contribution < -0.4 is 4.31 Å². The quantitative estimate of drug-likeness (QED) is 0.472. The topological polar surface area (TPSA) is 37.4 Å². The molecule has 3 aromatic rings. The minimum absolute atomic E-state index is 0.0407. The summed E-state index contributed by atoms with van der Waals surface area (Å²) in [6.07, 6.45) is 0. The van der Waals surface area contributed by atoms with Crippen LogP contribution in [-0.4, -0.2) is 8.42 Å². The maximum atomic E-state index is 13.6. The van der Waals surface area contributed by atoms with Gasteiger partial charge in [0.25, 0.3) is 10.0 Å². The molecule has 3 nitrogen and oxygen atoms in total. The van der Waals surface area contributed by atoms with Crippen LogP contribution in [0, 0.1) is 20.8 Å². The van der Waals surface area contributed by atoms with E-state index in [4.69, 9.17) is 23.2 Å². The second-order valence-corrected chi connectivity index (χ2v) is 9.42. The number of benzene rings is 3. The van der Waals surface area contributed by atoms with E-state index < -0.39 is 10.0 Å². The maximum Gasteiger partial charge on any atom is 0.264 e. The van der Waals surface area contributed by atoms with Crippen molar-refractivity contribution in [1.29, 1.82) is 0 Å². The van der Waals surface area contributed by atoms with Crippen LogP contribution in [0.3, 0.4) is 0 Å². The predicted octanol–water partition coefficient (Wildman–Crippen LogP) is 6.31. The number of aryl methyl sites for hydroxylation is 2. The average molecular weight is 434 g/mol. The number of hydrogen-bond acceptors (Lipinski definition) is 2. The minimum Gasteiger partial charge on any atom is -0.262 e. The van der Waals surface area contributed by atoms with E-state index in [1.807, 2.05) is 32.9 Å². The molecule has 146 valence electrons. The summed E-state index contributed by atoms with van der Waals surface area (Å²) in [4.78, 5) is 0.224. The summed E-state index contributed by atoms with van der Waals surface area (Å²) in [6, 6.07) is 17.6. The van der Waals surface area contributed by atoms with Crippen molar-refractivity contribution in [2.24, 2.45) is 0 Å². The van der Waals surface area contributed by atoms with Crippen molar-refractivity contribution in [1.82, 2.24) is 0 Å². The molecule has 0 radical (unpaired) electrons. The molecule has 0 fully saturated rings. The van der Waals surface area contributed by atoms with Gasteiger partial charge in [0.2, 0.25) is 0 Å². The molecule has 0 atom stereocenters. The summed E-state index contributed by atoms with van der Waals surface area (Å²) >= 11 is 12.7. The highest BCUT2D eigenvalue weighted by Gasteiger charge is 2.28. The Morgan fingerprint density at radius 3 is 2.00 bits per heavy atom. The monoisotopic (exact) mass is 433 g/mol. The molecule has 0 aromatic heterocycles. The van der Waals surface area contributed by atoms with Crippen LogP contribution in [0.5, 0.6) is 0 Å². The molecular weight excluding hydrogens is 413 g/mol. The lowest BCUT2D eigenvalue weighted by atomic mass is 10.1. The molecule has 3 rings (SSSR count). The molecule has 0 heterocycles. The molecular formula is C22H21Cl2NO2S. The fraction of sp³-hybridized carbons (Fsp3) is 0.182. The van der Waals surface area contributed by atoms with Gasteiger partial charge in [-0.25, -0.2) is 8.42 Å². The van der Waals surface area contributed by atoms with Crippen LogP contribution in [0.4, 0.5) is 5.69 Å². The first-order valence-electron chi connectivity index (χ1n) is 8.80. The molecule has 28 heavy (non-hydrogen) atoms. The summed E-state index contributed by atoms with van der Waals surface area (Å²) in [5.74, 6) is 0. The van der Waals surface area contributed by atoms with E-state index in [0.29, 0.717) is 21.3 Å². The Bertz CT molecular complexity index is 1090. The van der Waals surface area contributed by atoms with E-state index in [2.05, 4.69) is 0 Å². The SMILES string of the molecule is Cc1ccc(S(=O)(=O)N(Cc2c(Cl)cccc2Cl)c2cccc(C)c2C)cc1. The number of hydrogen-bond donors (Lipinski definition) is 0. The highest BCUT2D eigenvalue weighted by Crippen LogP contribution is 2.34. The first kappa shape index (κ1) is 20.7. The van der Waals surface area contributed by atoms with E-state index in [-0.39, 0.29) is 11.4 Å². The Hall–Kier alpha value is -2.01. The van der Waals surface area contributed by atoms with E-state index >= 15 is 0 Å². The summed E-state index contributed by atoms with van der Waals surface area (Å²) < 4.78 is 28.5. The number of halogens is 2. The number of sulfonamides is 1. The number of rotatable bonds is 5. The summed E-state index contributed by atoms with van der Waals surface area (Å²) in [7, 11) is -3.83. The Balaban J connectivity index is 2.20. The second-order valence-electron chi connectivity index (χ2n) is 6.74. The van der Waals surface area contributed by atoms with Crippen LogP contribution >= 0.6 is 23.2 Å². The summed E-state index contributed by atoms with van der Waals surface area (Å²) in [5.41, 5.74) is 4.07. The van der Waals surface area contributed by atoms with Crippen LogP contribution in [0.15, 0.2) is 65.6 Å². The molecule has 3 aromatic carbocycles. The van der Waals surface area contributed by atoms with Gasteiger partial charge in [-0.3, -0.25) is 4.31 Å². The molecule has 0 unspecified atom stereocenters. The van der Waals surface area contributed by atoms with Gasteiger partial charge in [0.15, 0.2) is 0 Å². The van der Waals surface area contributed by atoms with Crippen molar-refractivity contribution in [2.75, 3.05) is 4.31 Å². The first-order valence-corrected chi connectivity index (χ1v) is 11.0. The fourth-order valence-electron chi connectivity index (χ4n) is 2.97. The van der Waals surface area contributed by atoms with Gasteiger partial charge in [-0.1, -0.05) is 59.1 Å². The van der Waals surface area contributed by atoms with Gasteiger partial charge < -0.3 is 0 Å². The molecule has 0 aliphatic rings. The third-order valence-electron chi connectivity index (χ3n) is 4.82. The molecule has 0 saturated heterocycles.